The molecule has 7 heteroatoms. The Kier molecular flexibility index (Phi) is 3.88. The van der Waals surface area contributed by atoms with Gasteiger partial charge in [0.1, 0.15) is 5.82 Å². The summed E-state index contributed by atoms with van der Waals surface area (Å²) in [6.45, 7) is 1.92. The smallest absolute Gasteiger partial charge is 0.407 e. The van der Waals surface area contributed by atoms with Gasteiger partial charge in [-0.25, -0.2) is 9.78 Å². The van der Waals surface area contributed by atoms with Gasteiger partial charge in [-0.2, -0.15) is 0 Å². The van der Waals surface area contributed by atoms with Crippen LogP contribution in [0.2, 0.25) is 5.02 Å². The summed E-state index contributed by atoms with van der Waals surface area (Å²) in [4.78, 5) is 18.3. The molecule has 0 aliphatic carbocycles. The summed E-state index contributed by atoms with van der Waals surface area (Å²) >= 11 is 6.10. The van der Waals surface area contributed by atoms with Crippen LogP contribution in [0, 0.1) is 0 Å². The van der Waals surface area contributed by atoms with Crippen LogP contribution in [0.1, 0.15) is 5.56 Å². The number of amides is 1. The molecule has 0 bridgehead atoms. The Morgan fingerprint density at radius 1 is 1.39 bits per heavy atom. The summed E-state index contributed by atoms with van der Waals surface area (Å²) in [5.41, 5.74) is 0.660. The molecule has 1 aromatic rings. The first kappa shape index (κ1) is 12.9. The molecule has 2 rings (SSSR count). The highest BCUT2D eigenvalue weighted by molar-refractivity contribution is 6.33. The maximum atomic E-state index is 10.8. The van der Waals surface area contributed by atoms with Gasteiger partial charge in [-0.05, 0) is 11.6 Å². The molecule has 0 aromatic carbocycles. The second-order valence-corrected chi connectivity index (χ2v) is 4.47. The van der Waals surface area contributed by atoms with Crippen molar-refractivity contribution in [3.05, 3.63) is 22.8 Å². The average Bonchev–Trinajstić information content (AvgIpc) is 2.38. The van der Waals surface area contributed by atoms with E-state index in [2.05, 4.69) is 4.98 Å². The van der Waals surface area contributed by atoms with Gasteiger partial charge in [0.25, 0.3) is 0 Å². The standard InChI is InChI=1S/C11H14ClN3O3/c12-9-5-8(7-16)6-13-10(9)14-1-3-15(4-2-14)11(17)18/h5-6,16H,1-4,7H2,(H,17,18). The van der Waals surface area contributed by atoms with Crippen molar-refractivity contribution < 1.29 is 15.0 Å². The number of piperazine rings is 1. The predicted octanol–water partition coefficient (Wildman–Crippen LogP) is 1.03. The van der Waals surface area contributed by atoms with Gasteiger partial charge in [0.2, 0.25) is 0 Å². The second kappa shape index (κ2) is 5.41. The molecular formula is C11H14ClN3O3. The molecule has 1 amide bonds. The molecule has 1 saturated heterocycles. The SMILES string of the molecule is O=C(O)N1CCN(c2ncc(CO)cc2Cl)CC1. The number of hydrogen-bond acceptors (Lipinski definition) is 4. The number of nitrogens with zero attached hydrogens (tertiary/aromatic N) is 3. The zero-order chi connectivity index (χ0) is 13.1. The molecule has 1 aliphatic rings. The second-order valence-electron chi connectivity index (χ2n) is 4.06. The topological polar surface area (TPSA) is 76.9 Å². The third kappa shape index (κ3) is 2.65. The van der Waals surface area contributed by atoms with E-state index < -0.39 is 6.09 Å². The lowest BCUT2D eigenvalue weighted by Crippen LogP contribution is -2.48. The third-order valence-corrected chi connectivity index (χ3v) is 3.19. The summed E-state index contributed by atoms with van der Waals surface area (Å²) in [5, 5.41) is 18.3. The van der Waals surface area contributed by atoms with E-state index >= 15 is 0 Å². The van der Waals surface area contributed by atoms with Gasteiger partial charge in [-0.3, -0.25) is 0 Å². The highest BCUT2D eigenvalue weighted by Crippen LogP contribution is 2.25. The predicted molar refractivity (Wildman–Crippen MR) is 67.0 cm³/mol. The zero-order valence-corrected chi connectivity index (χ0v) is 10.5. The van der Waals surface area contributed by atoms with Crippen molar-refractivity contribution in [2.75, 3.05) is 31.1 Å². The number of anilines is 1. The van der Waals surface area contributed by atoms with Gasteiger partial charge in [0.05, 0.1) is 11.6 Å². The minimum absolute atomic E-state index is 0.0974. The lowest BCUT2D eigenvalue weighted by atomic mass is 10.2. The van der Waals surface area contributed by atoms with Crippen LogP contribution in [-0.4, -0.2) is 52.4 Å². The van der Waals surface area contributed by atoms with Crippen LogP contribution >= 0.6 is 11.6 Å². The van der Waals surface area contributed by atoms with Crippen LogP contribution < -0.4 is 4.90 Å². The first-order chi connectivity index (χ1) is 8.61. The third-order valence-electron chi connectivity index (χ3n) is 2.91. The quantitative estimate of drug-likeness (QED) is 0.840. The van der Waals surface area contributed by atoms with Gasteiger partial charge in [0, 0.05) is 32.4 Å². The molecule has 1 aromatic heterocycles. The number of rotatable bonds is 2. The van der Waals surface area contributed by atoms with Crippen molar-refractivity contribution in [1.29, 1.82) is 0 Å². The molecule has 0 atom stereocenters. The minimum atomic E-state index is -0.899. The van der Waals surface area contributed by atoms with Gasteiger partial charge in [-0.15, -0.1) is 0 Å². The van der Waals surface area contributed by atoms with Crippen LogP contribution in [-0.2, 0) is 6.61 Å². The number of aliphatic hydroxyl groups is 1. The molecule has 2 heterocycles. The molecule has 6 nitrogen and oxygen atoms in total. The zero-order valence-electron chi connectivity index (χ0n) is 9.71. The van der Waals surface area contributed by atoms with Gasteiger partial charge in [-0.1, -0.05) is 11.6 Å². The first-order valence-corrected chi connectivity index (χ1v) is 5.97. The molecule has 0 saturated carbocycles. The lowest BCUT2D eigenvalue weighted by Gasteiger charge is -2.34. The van der Waals surface area contributed by atoms with E-state index in [1.807, 2.05) is 4.90 Å². The molecule has 2 N–H and O–H groups in total. The molecule has 1 aliphatic heterocycles. The fourth-order valence-corrected chi connectivity index (χ4v) is 2.21. The van der Waals surface area contributed by atoms with Crippen LogP contribution in [0.25, 0.3) is 0 Å². The molecule has 0 unspecified atom stereocenters. The van der Waals surface area contributed by atoms with E-state index in [0.29, 0.717) is 42.6 Å². The Balaban J connectivity index is 2.07. The number of aliphatic hydroxyl groups excluding tert-OH is 1. The van der Waals surface area contributed by atoms with E-state index in [4.69, 9.17) is 21.8 Å². The van der Waals surface area contributed by atoms with Crippen molar-refractivity contribution >= 4 is 23.5 Å². The van der Waals surface area contributed by atoms with E-state index in [1.165, 1.54) is 4.90 Å². The average molecular weight is 272 g/mol. The monoisotopic (exact) mass is 271 g/mol. The largest absolute Gasteiger partial charge is 0.465 e. The minimum Gasteiger partial charge on any atom is -0.465 e. The Hall–Kier alpha value is -1.53. The van der Waals surface area contributed by atoms with Crippen molar-refractivity contribution in [3.8, 4) is 0 Å². The maximum absolute atomic E-state index is 10.8. The number of aromatic nitrogens is 1. The number of hydrogen-bond donors (Lipinski definition) is 2. The molecule has 0 spiro atoms. The summed E-state index contributed by atoms with van der Waals surface area (Å²) in [7, 11) is 0. The fraction of sp³-hybridized carbons (Fsp3) is 0.455. The molecule has 0 radical (unpaired) electrons. The van der Waals surface area contributed by atoms with Crippen LogP contribution in [0.3, 0.4) is 0 Å². The fourth-order valence-electron chi connectivity index (χ4n) is 1.90. The number of carboxylic acid groups (broad SMARTS) is 1. The van der Waals surface area contributed by atoms with Gasteiger partial charge >= 0.3 is 6.09 Å². The summed E-state index contributed by atoms with van der Waals surface area (Å²) in [5.74, 6) is 0.638. The summed E-state index contributed by atoms with van der Waals surface area (Å²) < 4.78 is 0. The maximum Gasteiger partial charge on any atom is 0.407 e. The van der Waals surface area contributed by atoms with E-state index in [9.17, 15) is 4.79 Å². The summed E-state index contributed by atoms with van der Waals surface area (Å²) in [6.07, 6.45) is 0.675. The van der Waals surface area contributed by atoms with Gasteiger partial charge < -0.3 is 20.0 Å². The van der Waals surface area contributed by atoms with Crippen molar-refractivity contribution in [2.45, 2.75) is 6.61 Å². The number of pyridine rings is 1. The van der Waals surface area contributed by atoms with Crippen LogP contribution in [0.5, 0.6) is 0 Å². The molecule has 1 fully saturated rings. The molecular weight excluding hydrogens is 258 g/mol. The van der Waals surface area contributed by atoms with E-state index in [-0.39, 0.29) is 6.61 Å². The lowest BCUT2D eigenvalue weighted by molar-refractivity contribution is 0.142. The highest BCUT2D eigenvalue weighted by atomic mass is 35.5. The van der Waals surface area contributed by atoms with Crippen molar-refractivity contribution in [1.82, 2.24) is 9.88 Å². The molecule has 18 heavy (non-hydrogen) atoms. The first-order valence-electron chi connectivity index (χ1n) is 5.60. The van der Waals surface area contributed by atoms with Crippen molar-refractivity contribution in [2.24, 2.45) is 0 Å². The highest BCUT2D eigenvalue weighted by Gasteiger charge is 2.22. The Labute approximate surface area is 109 Å². The van der Waals surface area contributed by atoms with Crippen LogP contribution in [0.15, 0.2) is 12.3 Å². The normalized spacial score (nSPS) is 15.9. The van der Waals surface area contributed by atoms with E-state index in [0.717, 1.165) is 0 Å². The Bertz CT molecular complexity index is 447. The van der Waals surface area contributed by atoms with Crippen molar-refractivity contribution in [3.63, 3.8) is 0 Å². The van der Waals surface area contributed by atoms with Gasteiger partial charge in [0.15, 0.2) is 0 Å². The molecule has 98 valence electrons. The summed E-state index contributed by atoms with van der Waals surface area (Å²) in [6, 6.07) is 1.67. The Morgan fingerprint density at radius 2 is 2.06 bits per heavy atom. The number of halogens is 1. The van der Waals surface area contributed by atoms with Crippen LogP contribution in [0.4, 0.5) is 10.6 Å². The van der Waals surface area contributed by atoms with E-state index in [1.54, 1.807) is 12.3 Å². The number of carbonyl (C=O) groups is 1. The Morgan fingerprint density at radius 3 is 2.56 bits per heavy atom.